The van der Waals surface area contributed by atoms with Crippen LogP contribution in [0.15, 0.2) is 37.1 Å². The van der Waals surface area contributed by atoms with Gasteiger partial charge in [0, 0.05) is 24.5 Å². The predicted octanol–water partition coefficient (Wildman–Crippen LogP) is 2.33. The second-order valence-electron chi connectivity index (χ2n) is 5.22. The molecule has 1 aliphatic rings. The number of piperidine rings is 1. The van der Waals surface area contributed by atoms with Gasteiger partial charge < -0.3 is 9.88 Å². The number of aryl methyl sites for hydroxylation is 1. The number of hydrogen-bond donors (Lipinski definition) is 1. The first-order chi connectivity index (χ1) is 9.43. The smallest absolute Gasteiger partial charge is 0.0950 e. The Balaban J connectivity index is 1.67. The zero-order valence-corrected chi connectivity index (χ0v) is 11.1. The largest absolute Gasteiger partial charge is 0.331 e. The lowest BCUT2D eigenvalue weighted by atomic mass is 9.96. The molecular formula is C15H20N4. The number of rotatable bonds is 4. The van der Waals surface area contributed by atoms with Crippen LogP contribution in [0, 0.1) is 5.92 Å². The van der Waals surface area contributed by atoms with Crippen LogP contribution in [-0.2, 0) is 6.54 Å². The Bertz CT molecular complexity index is 500. The van der Waals surface area contributed by atoms with E-state index in [1.165, 1.54) is 25.8 Å². The third-order valence-corrected chi connectivity index (χ3v) is 3.85. The molecule has 4 nitrogen and oxygen atoms in total. The standard InChI is InChI=1S/C15H20N4/c1-3-13(9-16-6-1)5-8-19-12-18-11-15(19)14-4-2-7-17-10-14/h2,4,7,10-13,16H,1,3,5-6,8-9H2. The summed E-state index contributed by atoms with van der Waals surface area (Å²) in [5.41, 5.74) is 2.30. The summed E-state index contributed by atoms with van der Waals surface area (Å²) < 4.78 is 2.24. The van der Waals surface area contributed by atoms with Crippen LogP contribution in [0.3, 0.4) is 0 Å². The second kappa shape index (κ2) is 5.97. The lowest BCUT2D eigenvalue weighted by molar-refractivity contribution is 0.342. The molecule has 1 N–H and O–H groups in total. The number of nitrogens with one attached hydrogen (secondary N) is 1. The highest BCUT2D eigenvalue weighted by atomic mass is 15.0. The van der Waals surface area contributed by atoms with Crippen LogP contribution < -0.4 is 5.32 Å². The van der Waals surface area contributed by atoms with Gasteiger partial charge in [-0.25, -0.2) is 4.98 Å². The second-order valence-corrected chi connectivity index (χ2v) is 5.22. The van der Waals surface area contributed by atoms with Crippen molar-refractivity contribution in [1.82, 2.24) is 19.9 Å². The van der Waals surface area contributed by atoms with Crippen LogP contribution in [-0.4, -0.2) is 27.6 Å². The summed E-state index contributed by atoms with van der Waals surface area (Å²) in [4.78, 5) is 8.46. The van der Waals surface area contributed by atoms with Crippen molar-refractivity contribution in [3.63, 3.8) is 0 Å². The first kappa shape index (κ1) is 12.4. The van der Waals surface area contributed by atoms with E-state index in [2.05, 4.69) is 25.9 Å². The molecule has 2 aromatic heterocycles. The van der Waals surface area contributed by atoms with Crippen molar-refractivity contribution in [2.75, 3.05) is 13.1 Å². The molecule has 100 valence electrons. The maximum Gasteiger partial charge on any atom is 0.0950 e. The molecular weight excluding hydrogens is 236 g/mol. The first-order valence-corrected chi connectivity index (χ1v) is 7.05. The molecule has 1 fully saturated rings. The zero-order chi connectivity index (χ0) is 12.9. The summed E-state index contributed by atoms with van der Waals surface area (Å²) in [5, 5.41) is 3.48. The fraction of sp³-hybridized carbons (Fsp3) is 0.467. The molecule has 0 amide bonds. The van der Waals surface area contributed by atoms with Crippen LogP contribution >= 0.6 is 0 Å². The molecule has 1 unspecified atom stereocenters. The highest BCUT2D eigenvalue weighted by Gasteiger charge is 2.13. The minimum Gasteiger partial charge on any atom is -0.331 e. The molecule has 0 aliphatic carbocycles. The fourth-order valence-corrected chi connectivity index (χ4v) is 2.75. The van der Waals surface area contributed by atoms with Gasteiger partial charge in [0.05, 0.1) is 18.2 Å². The van der Waals surface area contributed by atoms with E-state index in [-0.39, 0.29) is 0 Å². The van der Waals surface area contributed by atoms with Gasteiger partial charge in [-0.2, -0.15) is 0 Å². The molecule has 0 aromatic carbocycles. The Labute approximate surface area is 113 Å². The normalized spacial score (nSPS) is 19.5. The van der Waals surface area contributed by atoms with Gasteiger partial charge in [0.25, 0.3) is 0 Å². The van der Waals surface area contributed by atoms with Gasteiger partial charge in [-0.05, 0) is 50.4 Å². The van der Waals surface area contributed by atoms with E-state index in [0.29, 0.717) is 0 Å². The van der Waals surface area contributed by atoms with E-state index >= 15 is 0 Å². The molecule has 1 saturated heterocycles. The molecule has 19 heavy (non-hydrogen) atoms. The van der Waals surface area contributed by atoms with Crippen molar-refractivity contribution in [1.29, 1.82) is 0 Å². The van der Waals surface area contributed by atoms with Crippen LogP contribution in [0.25, 0.3) is 11.3 Å². The summed E-state index contributed by atoms with van der Waals surface area (Å²) >= 11 is 0. The van der Waals surface area contributed by atoms with Gasteiger partial charge in [0.1, 0.15) is 0 Å². The molecule has 2 aromatic rings. The SMILES string of the molecule is c1cncc(-c2cncn2CCC2CCCNC2)c1. The molecule has 3 rings (SSSR count). The Hall–Kier alpha value is -1.68. The monoisotopic (exact) mass is 256 g/mol. The highest BCUT2D eigenvalue weighted by Crippen LogP contribution is 2.20. The van der Waals surface area contributed by atoms with Crippen LogP contribution in [0.2, 0.25) is 0 Å². The third-order valence-electron chi connectivity index (χ3n) is 3.85. The Morgan fingerprint density at radius 2 is 2.32 bits per heavy atom. The molecule has 1 atom stereocenters. The number of imidazole rings is 1. The van der Waals surface area contributed by atoms with E-state index in [1.807, 2.05) is 24.8 Å². The first-order valence-electron chi connectivity index (χ1n) is 7.05. The molecule has 0 bridgehead atoms. The van der Waals surface area contributed by atoms with E-state index in [0.717, 1.165) is 30.3 Å². The molecule has 0 spiro atoms. The number of pyridine rings is 1. The summed E-state index contributed by atoms with van der Waals surface area (Å²) in [5.74, 6) is 0.804. The summed E-state index contributed by atoms with van der Waals surface area (Å²) in [6.07, 6.45) is 11.4. The Morgan fingerprint density at radius 3 is 3.11 bits per heavy atom. The van der Waals surface area contributed by atoms with E-state index < -0.39 is 0 Å². The number of nitrogens with zero attached hydrogens (tertiary/aromatic N) is 3. The van der Waals surface area contributed by atoms with Crippen molar-refractivity contribution in [3.05, 3.63) is 37.1 Å². The third kappa shape index (κ3) is 3.01. The maximum absolute atomic E-state index is 4.28. The topological polar surface area (TPSA) is 42.7 Å². The van der Waals surface area contributed by atoms with Crippen molar-refractivity contribution >= 4 is 0 Å². The average Bonchev–Trinajstić information content (AvgIpc) is 2.95. The van der Waals surface area contributed by atoms with E-state index in [9.17, 15) is 0 Å². The van der Waals surface area contributed by atoms with Gasteiger partial charge in [-0.1, -0.05) is 0 Å². The lowest BCUT2D eigenvalue weighted by Gasteiger charge is -2.23. The van der Waals surface area contributed by atoms with Crippen molar-refractivity contribution in [2.24, 2.45) is 5.92 Å². The predicted molar refractivity (Wildman–Crippen MR) is 75.7 cm³/mol. The Morgan fingerprint density at radius 1 is 1.32 bits per heavy atom. The Kier molecular flexibility index (Phi) is 3.89. The van der Waals surface area contributed by atoms with Gasteiger partial charge in [-0.15, -0.1) is 0 Å². The maximum atomic E-state index is 4.28. The minimum absolute atomic E-state index is 0.804. The zero-order valence-electron chi connectivity index (χ0n) is 11.1. The highest BCUT2D eigenvalue weighted by molar-refractivity contribution is 5.57. The molecule has 3 heterocycles. The average molecular weight is 256 g/mol. The van der Waals surface area contributed by atoms with E-state index in [1.54, 1.807) is 6.20 Å². The summed E-state index contributed by atoms with van der Waals surface area (Å²) in [7, 11) is 0. The summed E-state index contributed by atoms with van der Waals surface area (Å²) in [6.45, 7) is 3.38. The summed E-state index contributed by atoms with van der Waals surface area (Å²) in [6, 6.07) is 4.06. The van der Waals surface area contributed by atoms with Gasteiger partial charge in [0.15, 0.2) is 0 Å². The van der Waals surface area contributed by atoms with Gasteiger partial charge in [0.2, 0.25) is 0 Å². The van der Waals surface area contributed by atoms with Gasteiger partial charge in [-0.3, -0.25) is 4.98 Å². The number of aromatic nitrogens is 3. The van der Waals surface area contributed by atoms with Gasteiger partial charge >= 0.3 is 0 Å². The van der Waals surface area contributed by atoms with E-state index in [4.69, 9.17) is 0 Å². The quantitative estimate of drug-likeness (QED) is 0.913. The van der Waals surface area contributed by atoms with Crippen LogP contribution in [0.1, 0.15) is 19.3 Å². The van der Waals surface area contributed by atoms with Crippen LogP contribution in [0.4, 0.5) is 0 Å². The van der Waals surface area contributed by atoms with Crippen LogP contribution in [0.5, 0.6) is 0 Å². The van der Waals surface area contributed by atoms with Crippen molar-refractivity contribution in [3.8, 4) is 11.3 Å². The van der Waals surface area contributed by atoms with Crippen molar-refractivity contribution < 1.29 is 0 Å². The minimum atomic E-state index is 0.804. The van der Waals surface area contributed by atoms with Crippen molar-refractivity contribution in [2.45, 2.75) is 25.8 Å². The fourth-order valence-electron chi connectivity index (χ4n) is 2.75. The molecule has 1 aliphatic heterocycles. The molecule has 0 radical (unpaired) electrons. The molecule has 0 saturated carbocycles. The lowest BCUT2D eigenvalue weighted by Crippen LogP contribution is -2.30. The number of hydrogen-bond acceptors (Lipinski definition) is 3. The molecule has 4 heteroatoms.